The molecule has 6 heteroatoms. The predicted octanol–water partition coefficient (Wildman–Crippen LogP) is 3.75. The summed E-state index contributed by atoms with van der Waals surface area (Å²) in [5, 5.41) is 4.07. The number of hydrogen-bond donors (Lipinski definition) is 1. The van der Waals surface area contributed by atoms with Crippen molar-refractivity contribution in [3.63, 3.8) is 0 Å². The standard InChI is InChI=1S/C17H24Cl2N2O2/c1-3-15(23-16-6-5-12(18)11-14(16)19)17(22)20-13-7-9-21(4-2)10-8-13/h5-6,11,13,15H,3-4,7-10H2,1-2H3,(H,20,22)/t15-/m1/s1. The number of nitrogens with one attached hydrogen (secondary N) is 1. The van der Waals surface area contributed by atoms with E-state index in [1.54, 1.807) is 18.2 Å². The molecule has 0 saturated carbocycles. The van der Waals surface area contributed by atoms with Crippen molar-refractivity contribution in [3.05, 3.63) is 28.2 Å². The molecule has 1 N–H and O–H groups in total. The fourth-order valence-corrected chi connectivity index (χ4v) is 3.19. The Morgan fingerprint density at radius 3 is 2.61 bits per heavy atom. The number of likely N-dealkylation sites (tertiary alicyclic amines) is 1. The summed E-state index contributed by atoms with van der Waals surface area (Å²) in [6.45, 7) is 7.21. The SMILES string of the molecule is CC[C@@H](Oc1ccc(Cl)cc1Cl)C(=O)NC1CCN(CC)CC1. The fraction of sp³-hybridized carbons (Fsp3) is 0.588. The van der Waals surface area contributed by atoms with E-state index in [-0.39, 0.29) is 11.9 Å². The number of ether oxygens (including phenoxy) is 1. The summed E-state index contributed by atoms with van der Waals surface area (Å²) in [4.78, 5) is 14.9. The van der Waals surface area contributed by atoms with Crippen LogP contribution < -0.4 is 10.1 Å². The van der Waals surface area contributed by atoms with Crippen LogP contribution in [-0.2, 0) is 4.79 Å². The molecule has 1 aliphatic rings. The number of halogens is 2. The number of benzene rings is 1. The summed E-state index contributed by atoms with van der Waals surface area (Å²) in [5.41, 5.74) is 0. The van der Waals surface area contributed by atoms with Gasteiger partial charge in [0.2, 0.25) is 0 Å². The molecular weight excluding hydrogens is 335 g/mol. The molecule has 0 spiro atoms. The van der Waals surface area contributed by atoms with Gasteiger partial charge in [-0.25, -0.2) is 0 Å². The average Bonchev–Trinajstić information content (AvgIpc) is 2.54. The molecule has 1 aliphatic heterocycles. The molecule has 0 aromatic heterocycles. The van der Waals surface area contributed by atoms with E-state index in [1.807, 2.05) is 6.92 Å². The number of carbonyl (C=O) groups is 1. The Morgan fingerprint density at radius 1 is 1.35 bits per heavy atom. The maximum atomic E-state index is 12.5. The van der Waals surface area contributed by atoms with Gasteiger partial charge < -0.3 is 15.0 Å². The van der Waals surface area contributed by atoms with Crippen LogP contribution in [0.4, 0.5) is 0 Å². The van der Waals surface area contributed by atoms with E-state index < -0.39 is 6.10 Å². The molecule has 0 radical (unpaired) electrons. The van der Waals surface area contributed by atoms with Crippen LogP contribution in [0, 0.1) is 0 Å². The number of amides is 1. The van der Waals surface area contributed by atoms with Crippen LogP contribution in [-0.4, -0.2) is 42.6 Å². The highest BCUT2D eigenvalue weighted by molar-refractivity contribution is 6.35. The van der Waals surface area contributed by atoms with E-state index in [0.717, 1.165) is 32.5 Å². The van der Waals surface area contributed by atoms with Crippen LogP contribution in [0.1, 0.15) is 33.1 Å². The van der Waals surface area contributed by atoms with Crippen molar-refractivity contribution in [2.45, 2.75) is 45.3 Å². The summed E-state index contributed by atoms with van der Waals surface area (Å²) in [5.74, 6) is 0.410. The zero-order valence-corrected chi connectivity index (χ0v) is 15.2. The van der Waals surface area contributed by atoms with Gasteiger partial charge >= 0.3 is 0 Å². The zero-order chi connectivity index (χ0) is 16.8. The Morgan fingerprint density at radius 2 is 2.04 bits per heavy atom. The van der Waals surface area contributed by atoms with Gasteiger partial charge in [0, 0.05) is 24.2 Å². The fourth-order valence-electron chi connectivity index (χ4n) is 2.73. The predicted molar refractivity (Wildman–Crippen MR) is 94.4 cm³/mol. The molecule has 1 atom stereocenters. The number of hydrogen-bond acceptors (Lipinski definition) is 3. The Hall–Kier alpha value is -0.970. The quantitative estimate of drug-likeness (QED) is 0.841. The van der Waals surface area contributed by atoms with Gasteiger partial charge in [-0.05, 0) is 44.0 Å². The highest BCUT2D eigenvalue weighted by Gasteiger charge is 2.25. The molecule has 1 fully saturated rings. The van der Waals surface area contributed by atoms with Gasteiger partial charge in [-0.15, -0.1) is 0 Å². The summed E-state index contributed by atoms with van der Waals surface area (Å²) in [6, 6.07) is 5.24. The van der Waals surface area contributed by atoms with E-state index in [4.69, 9.17) is 27.9 Å². The van der Waals surface area contributed by atoms with E-state index in [2.05, 4.69) is 17.1 Å². The minimum atomic E-state index is -0.544. The van der Waals surface area contributed by atoms with Crippen molar-refractivity contribution in [2.75, 3.05) is 19.6 Å². The summed E-state index contributed by atoms with van der Waals surface area (Å²) >= 11 is 12.0. The number of rotatable bonds is 6. The highest BCUT2D eigenvalue weighted by Crippen LogP contribution is 2.28. The first-order valence-electron chi connectivity index (χ1n) is 8.17. The third-order valence-corrected chi connectivity index (χ3v) is 4.74. The first-order chi connectivity index (χ1) is 11.0. The maximum absolute atomic E-state index is 12.5. The molecule has 1 heterocycles. The van der Waals surface area contributed by atoms with Crippen molar-refractivity contribution >= 4 is 29.1 Å². The van der Waals surface area contributed by atoms with Gasteiger partial charge in [0.05, 0.1) is 5.02 Å². The lowest BCUT2D eigenvalue weighted by Gasteiger charge is -2.32. The van der Waals surface area contributed by atoms with Gasteiger partial charge in [-0.2, -0.15) is 0 Å². The van der Waals surface area contributed by atoms with Crippen molar-refractivity contribution in [1.29, 1.82) is 0 Å². The summed E-state index contributed by atoms with van der Waals surface area (Å²) in [6.07, 6.45) is 2.01. The second kappa shape index (κ2) is 8.76. The lowest BCUT2D eigenvalue weighted by molar-refractivity contribution is -0.129. The summed E-state index contributed by atoms with van der Waals surface area (Å²) < 4.78 is 5.78. The van der Waals surface area contributed by atoms with Crippen LogP contribution in [0.15, 0.2) is 18.2 Å². The molecule has 0 aliphatic carbocycles. The summed E-state index contributed by atoms with van der Waals surface area (Å²) in [7, 11) is 0. The molecule has 1 saturated heterocycles. The molecule has 23 heavy (non-hydrogen) atoms. The van der Waals surface area contributed by atoms with Crippen LogP contribution in [0.25, 0.3) is 0 Å². The molecular formula is C17H24Cl2N2O2. The first-order valence-corrected chi connectivity index (χ1v) is 8.93. The van der Waals surface area contributed by atoms with Gasteiger partial charge in [0.1, 0.15) is 5.75 Å². The van der Waals surface area contributed by atoms with Crippen molar-refractivity contribution in [2.24, 2.45) is 0 Å². The largest absolute Gasteiger partial charge is 0.479 e. The van der Waals surface area contributed by atoms with Crippen molar-refractivity contribution in [1.82, 2.24) is 10.2 Å². The molecule has 1 amide bonds. The number of piperidine rings is 1. The molecule has 0 unspecified atom stereocenters. The second-order valence-corrected chi connectivity index (χ2v) is 6.65. The minimum Gasteiger partial charge on any atom is -0.479 e. The second-order valence-electron chi connectivity index (χ2n) is 5.81. The van der Waals surface area contributed by atoms with Crippen molar-refractivity contribution < 1.29 is 9.53 Å². The van der Waals surface area contributed by atoms with Gasteiger partial charge in [0.15, 0.2) is 6.10 Å². The molecule has 4 nitrogen and oxygen atoms in total. The van der Waals surface area contributed by atoms with Crippen LogP contribution in [0.5, 0.6) is 5.75 Å². The molecule has 0 bridgehead atoms. The third kappa shape index (κ3) is 5.27. The number of nitrogens with zero attached hydrogens (tertiary/aromatic N) is 1. The third-order valence-electron chi connectivity index (χ3n) is 4.21. The Kier molecular flexibility index (Phi) is 7.00. The minimum absolute atomic E-state index is 0.0755. The van der Waals surface area contributed by atoms with E-state index >= 15 is 0 Å². The van der Waals surface area contributed by atoms with Gasteiger partial charge in [-0.1, -0.05) is 37.0 Å². The lowest BCUT2D eigenvalue weighted by atomic mass is 10.0. The molecule has 128 valence electrons. The Balaban J connectivity index is 1.91. The van der Waals surface area contributed by atoms with Crippen molar-refractivity contribution in [3.8, 4) is 5.75 Å². The average molecular weight is 359 g/mol. The van der Waals surface area contributed by atoms with Gasteiger partial charge in [-0.3, -0.25) is 4.79 Å². The first kappa shape index (κ1) is 18.4. The zero-order valence-electron chi connectivity index (χ0n) is 13.6. The maximum Gasteiger partial charge on any atom is 0.261 e. The van der Waals surface area contributed by atoms with E-state index in [0.29, 0.717) is 22.2 Å². The van der Waals surface area contributed by atoms with E-state index in [9.17, 15) is 4.79 Å². The normalized spacial score (nSPS) is 17.7. The Labute approximate surface area is 148 Å². The van der Waals surface area contributed by atoms with Crippen LogP contribution >= 0.6 is 23.2 Å². The van der Waals surface area contributed by atoms with E-state index in [1.165, 1.54) is 0 Å². The highest BCUT2D eigenvalue weighted by atomic mass is 35.5. The molecule has 2 rings (SSSR count). The van der Waals surface area contributed by atoms with Crippen LogP contribution in [0.3, 0.4) is 0 Å². The lowest BCUT2D eigenvalue weighted by Crippen LogP contribution is -2.48. The topological polar surface area (TPSA) is 41.6 Å². The molecule has 1 aromatic carbocycles. The molecule has 1 aromatic rings. The van der Waals surface area contributed by atoms with Crippen LogP contribution in [0.2, 0.25) is 10.0 Å². The smallest absolute Gasteiger partial charge is 0.261 e. The number of carbonyl (C=O) groups excluding carboxylic acids is 1. The van der Waals surface area contributed by atoms with Gasteiger partial charge in [0.25, 0.3) is 5.91 Å². The Bertz CT molecular complexity index is 531. The monoisotopic (exact) mass is 358 g/mol.